The van der Waals surface area contributed by atoms with Gasteiger partial charge in [-0.15, -0.1) is 0 Å². The Labute approximate surface area is 138 Å². The Balaban J connectivity index is 2.42. The first-order chi connectivity index (χ1) is 9.40. The number of benzene rings is 2. The summed E-state index contributed by atoms with van der Waals surface area (Å²) in [7, 11) is 0. The second kappa shape index (κ2) is 6.26. The van der Waals surface area contributed by atoms with Crippen LogP contribution in [-0.4, -0.2) is 4.99 Å². The lowest BCUT2D eigenvalue weighted by atomic mass is 10.2. The van der Waals surface area contributed by atoms with Gasteiger partial charge in [-0.3, -0.25) is 0 Å². The normalized spacial score (nSPS) is 10.4. The Bertz CT molecular complexity index is 696. The molecule has 2 aromatic carbocycles. The van der Waals surface area contributed by atoms with Crippen LogP contribution in [0, 0.1) is 5.82 Å². The van der Waals surface area contributed by atoms with E-state index in [9.17, 15) is 4.39 Å². The number of halogens is 4. The molecule has 2 aromatic rings. The van der Waals surface area contributed by atoms with Gasteiger partial charge in [-0.05, 0) is 40.2 Å². The van der Waals surface area contributed by atoms with Crippen molar-refractivity contribution in [1.29, 1.82) is 0 Å². The molecule has 104 valence electrons. The Morgan fingerprint density at radius 1 is 1.20 bits per heavy atom. The smallest absolute Gasteiger partial charge is 0.180 e. The largest absolute Gasteiger partial charge is 0.453 e. The second-order valence-electron chi connectivity index (χ2n) is 3.78. The third kappa shape index (κ3) is 3.23. The van der Waals surface area contributed by atoms with Crippen LogP contribution in [0.4, 0.5) is 4.39 Å². The van der Waals surface area contributed by atoms with E-state index in [4.69, 9.17) is 45.9 Å². The lowest BCUT2D eigenvalue weighted by molar-refractivity contribution is 0.440. The Morgan fingerprint density at radius 2 is 1.90 bits per heavy atom. The van der Waals surface area contributed by atoms with Gasteiger partial charge in [0.05, 0.1) is 9.50 Å². The summed E-state index contributed by atoms with van der Waals surface area (Å²) in [4.78, 5) is 0.0862. The number of hydrogen-bond donors (Lipinski definition) is 1. The van der Waals surface area contributed by atoms with Gasteiger partial charge in [0.15, 0.2) is 11.6 Å². The van der Waals surface area contributed by atoms with Crippen LogP contribution >= 0.6 is 51.3 Å². The molecule has 0 heterocycles. The molecule has 20 heavy (non-hydrogen) atoms. The van der Waals surface area contributed by atoms with Crippen LogP contribution in [0.2, 0.25) is 10.0 Å². The maximum Gasteiger partial charge on any atom is 0.180 e. The highest BCUT2D eigenvalue weighted by atomic mass is 79.9. The predicted octanol–water partition coefficient (Wildman–Crippen LogP) is 5.32. The summed E-state index contributed by atoms with van der Waals surface area (Å²) in [6, 6.07) is 7.66. The molecule has 0 aromatic heterocycles. The van der Waals surface area contributed by atoms with Crippen molar-refractivity contribution in [2.24, 2.45) is 5.73 Å². The summed E-state index contributed by atoms with van der Waals surface area (Å²) in [5.41, 5.74) is 5.88. The average Bonchev–Trinajstić information content (AvgIpc) is 2.39. The highest BCUT2D eigenvalue weighted by Gasteiger charge is 2.15. The van der Waals surface area contributed by atoms with E-state index in [1.807, 2.05) is 0 Å². The zero-order valence-electron chi connectivity index (χ0n) is 9.79. The molecule has 0 atom stereocenters. The first-order valence-electron chi connectivity index (χ1n) is 5.31. The first kappa shape index (κ1) is 15.5. The molecule has 2 rings (SSSR count). The van der Waals surface area contributed by atoms with E-state index in [1.54, 1.807) is 18.2 Å². The van der Waals surface area contributed by atoms with Gasteiger partial charge in [0.1, 0.15) is 10.7 Å². The summed E-state index contributed by atoms with van der Waals surface area (Å²) in [5, 5.41) is 0.756. The molecule has 0 amide bonds. The van der Waals surface area contributed by atoms with Crippen LogP contribution in [0.5, 0.6) is 11.5 Å². The predicted molar refractivity (Wildman–Crippen MR) is 86.5 cm³/mol. The van der Waals surface area contributed by atoms with Crippen molar-refractivity contribution in [3.05, 3.63) is 56.2 Å². The van der Waals surface area contributed by atoms with Crippen molar-refractivity contribution < 1.29 is 9.13 Å². The number of hydrogen-bond acceptors (Lipinski definition) is 2. The van der Waals surface area contributed by atoms with Crippen LogP contribution in [0.3, 0.4) is 0 Å². The zero-order valence-corrected chi connectivity index (χ0v) is 13.7. The summed E-state index contributed by atoms with van der Waals surface area (Å²) in [6.07, 6.45) is 0. The quantitative estimate of drug-likeness (QED) is 0.715. The molecule has 0 spiro atoms. The molecule has 2 N–H and O–H groups in total. The van der Waals surface area contributed by atoms with Gasteiger partial charge in [-0.1, -0.05) is 35.4 Å². The monoisotopic (exact) mass is 393 g/mol. The SMILES string of the molecule is NC(=S)c1ccc(Oc2cc(Cl)ccc2Cl)c(F)c1Br. The lowest BCUT2D eigenvalue weighted by Gasteiger charge is -2.11. The topological polar surface area (TPSA) is 35.2 Å². The molecule has 0 aliphatic rings. The van der Waals surface area contributed by atoms with Crippen LogP contribution in [0.25, 0.3) is 0 Å². The average molecular weight is 395 g/mol. The summed E-state index contributed by atoms with van der Waals surface area (Å²) >= 11 is 19.7. The molecule has 0 aliphatic heterocycles. The van der Waals surface area contributed by atoms with Crippen molar-refractivity contribution in [2.45, 2.75) is 0 Å². The van der Waals surface area contributed by atoms with Crippen molar-refractivity contribution in [1.82, 2.24) is 0 Å². The van der Waals surface area contributed by atoms with Gasteiger partial charge in [-0.25, -0.2) is 4.39 Å². The van der Waals surface area contributed by atoms with E-state index >= 15 is 0 Å². The molecular weight excluding hydrogens is 388 g/mol. The molecule has 0 bridgehead atoms. The van der Waals surface area contributed by atoms with Crippen molar-refractivity contribution in [3.63, 3.8) is 0 Å². The number of rotatable bonds is 3. The highest BCUT2D eigenvalue weighted by molar-refractivity contribution is 9.10. The fraction of sp³-hybridized carbons (Fsp3) is 0. The Hall–Kier alpha value is -0.880. The third-order valence-corrected chi connectivity index (χ3v) is 3.97. The molecule has 2 nitrogen and oxygen atoms in total. The fourth-order valence-corrected chi connectivity index (χ4v) is 2.64. The maximum absolute atomic E-state index is 14.2. The van der Waals surface area contributed by atoms with E-state index in [2.05, 4.69) is 15.9 Å². The fourth-order valence-electron chi connectivity index (χ4n) is 1.47. The standard InChI is InChI=1S/C13H7BrCl2FNOS/c14-11-7(13(18)20)2-4-9(12(11)17)19-10-5-6(15)1-3-8(10)16/h1-5H,(H2,18,20). The van der Waals surface area contributed by atoms with Gasteiger partial charge in [0.25, 0.3) is 0 Å². The van der Waals surface area contributed by atoms with Crippen LogP contribution in [-0.2, 0) is 0 Å². The molecule has 0 radical (unpaired) electrons. The number of thiocarbonyl (C=S) groups is 1. The number of ether oxygens (including phenoxy) is 1. The lowest BCUT2D eigenvalue weighted by Crippen LogP contribution is -2.11. The summed E-state index contributed by atoms with van der Waals surface area (Å²) in [5.74, 6) is -0.375. The molecule has 0 unspecified atom stereocenters. The minimum atomic E-state index is -0.619. The van der Waals surface area contributed by atoms with E-state index in [0.717, 1.165) is 0 Å². The van der Waals surface area contributed by atoms with Gasteiger partial charge in [-0.2, -0.15) is 0 Å². The van der Waals surface area contributed by atoms with Crippen LogP contribution in [0.15, 0.2) is 34.8 Å². The Kier molecular flexibility index (Phi) is 4.86. The minimum Gasteiger partial charge on any atom is -0.453 e. The third-order valence-electron chi connectivity index (χ3n) is 2.43. The van der Waals surface area contributed by atoms with Crippen LogP contribution < -0.4 is 10.5 Å². The van der Waals surface area contributed by atoms with E-state index < -0.39 is 5.82 Å². The maximum atomic E-state index is 14.2. The second-order valence-corrected chi connectivity index (χ2v) is 5.86. The van der Waals surface area contributed by atoms with Crippen molar-refractivity contribution >= 4 is 56.3 Å². The molecule has 0 saturated heterocycles. The van der Waals surface area contributed by atoms with Crippen molar-refractivity contribution in [2.75, 3.05) is 0 Å². The van der Waals surface area contributed by atoms with E-state index in [0.29, 0.717) is 15.6 Å². The zero-order chi connectivity index (χ0) is 14.9. The Morgan fingerprint density at radius 3 is 2.55 bits per heavy atom. The number of nitrogens with two attached hydrogens (primary N) is 1. The van der Waals surface area contributed by atoms with Crippen molar-refractivity contribution in [3.8, 4) is 11.5 Å². The van der Waals surface area contributed by atoms with Gasteiger partial charge in [0.2, 0.25) is 0 Å². The molecule has 0 aliphatic carbocycles. The van der Waals surface area contributed by atoms with E-state index in [1.165, 1.54) is 12.1 Å². The van der Waals surface area contributed by atoms with Gasteiger partial charge < -0.3 is 10.5 Å². The highest BCUT2D eigenvalue weighted by Crippen LogP contribution is 2.35. The molecule has 0 saturated carbocycles. The molecular formula is C13H7BrCl2FNOS. The summed E-state index contributed by atoms with van der Waals surface area (Å²) < 4.78 is 19.7. The summed E-state index contributed by atoms with van der Waals surface area (Å²) in [6.45, 7) is 0. The van der Waals surface area contributed by atoms with E-state index in [-0.39, 0.29) is 21.0 Å². The van der Waals surface area contributed by atoms with Gasteiger partial charge in [0, 0.05) is 16.7 Å². The first-order valence-corrected chi connectivity index (χ1v) is 7.26. The minimum absolute atomic E-state index is 0.0129. The molecule has 7 heteroatoms. The van der Waals surface area contributed by atoms with Gasteiger partial charge >= 0.3 is 0 Å². The molecule has 0 fully saturated rings. The van der Waals surface area contributed by atoms with Crippen LogP contribution in [0.1, 0.15) is 5.56 Å².